The van der Waals surface area contributed by atoms with Gasteiger partial charge in [-0.05, 0) is 20.8 Å². The van der Waals surface area contributed by atoms with E-state index in [9.17, 15) is 22.8 Å². The van der Waals surface area contributed by atoms with Gasteiger partial charge in [-0.1, -0.05) is 0 Å². The second kappa shape index (κ2) is 7.65. The molecule has 0 aromatic heterocycles. The molecule has 0 saturated carbocycles. The van der Waals surface area contributed by atoms with Gasteiger partial charge in [0.1, 0.15) is 5.70 Å². The summed E-state index contributed by atoms with van der Waals surface area (Å²) in [5.74, 6) is -1.16. The van der Waals surface area contributed by atoms with Gasteiger partial charge in [0.05, 0.1) is 12.7 Å². The Labute approximate surface area is 109 Å². The molecule has 5 nitrogen and oxygen atoms in total. The van der Waals surface area contributed by atoms with Crippen LogP contribution in [-0.4, -0.2) is 42.8 Å². The zero-order valence-corrected chi connectivity index (χ0v) is 11.0. The molecule has 0 saturated heterocycles. The summed E-state index contributed by atoms with van der Waals surface area (Å²) in [5, 5.41) is 1.67. The lowest BCUT2D eigenvalue weighted by molar-refractivity contribution is -0.138. The Morgan fingerprint density at radius 2 is 1.74 bits per heavy atom. The molecule has 2 amide bonds. The number of halogens is 3. The zero-order chi connectivity index (χ0) is 15.1. The molecule has 0 aromatic carbocycles. The fraction of sp³-hybridized carbons (Fsp3) is 0.636. The van der Waals surface area contributed by atoms with E-state index in [0.29, 0.717) is 0 Å². The molecule has 0 aliphatic rings. The molecule has 0 atom stereocenters. The first kappa shape index (κ1) is 17.3. The third kappa shape index (κ3) is 6.12. The summed E-state index contributed by atoms with van der Waals surface area (Å²) in [6, 6.07) is -0.919. The molecule has 0 heterocycles. The minimum atomic E-state index is -4.84. The molecule has 0 spiro atoms. The third-order valence-electron chi connectivity index (χ3n) is 2.15. The van der Waals surface area contributed by atoms with Crippen molar-refractivity contribution in [3.63, 3.8) is 0 Å². The standard InChI is InChI=1S/C11H17F3N2O3/c1-4-16(5-2)10(18)15-8(11(12,13)14)7-9(17)19-6-3/h7H,4-6H2,1-3H3,(H,15,18)/b8-7+. The summed E-state index contributed by atoms with van der Waals surface area (Å²) in [7, 11) is 0. The molecule has 0 radical (unpaired) electrons. The predicted octanol–water partition coefficient (Wildman–Crippen LogP) is 2.05. The summed E-state index contributed by atoms with van der Waals surface area (Å²) < 4.78 is 42.3. The van der Waals surface area contributed by atoms with E-state index in [2.05, 4.69) is 4.74 Å². The highest BCUT2D eigenvalue weighted by atomic mass is 19.4. The molecular weight excluding hydrogens is 265 g/mol. The van der Waals surface area contributed by atoms with Crippen LogP contribution in [0.2, 0.25) is 0 Å². The van der Waals surface area contributed by atoms with E-state index in [4.69, 9.17) is 0 Å². The summed E-state index contributed by atoms with van der Waals surface area (Å²) in [6.45, 7) is 5.19. The Kier molecular flexibility index (Phi) is 6.95. The molecular formula is C11H17F3N2O3. The van der Waals surface area contributed by atoms with Gasteiger partial charge in [-0.15, -0.1) is 0 Å². The maximum atomic E-state index is 12.6. The monoisotopic (exact) mass is 282 g/mol. The molecule has 0 unspecified atom stereocenters. The van der Waals surface area contributed by atoms with Gasteiger partial charge in [-0.25, -0.2) is 9.59 Å². The van der Waals surface area contributed by atoms with E-state index in [1.165, 1.54) is 6.92 Å². The zero-order valence-electron chi connectivity index (χ0n) is 11.0. The first-order valence-corrected chi connectivity index (χ1v) is 5.77. The second-order valence-electron chi connectivity index (χ2n) is 3.41. The Hall–Kier alpha value is -1.73. The number of nitrogens with one attached hydrogen (secondary N) is 1. The van der Waals surface area contributed by atoms with Crippen LogP contribution in [0.5, 0.6) is 0 Å². The average molecular weight is 282 g/mol. The molecule has 19 heavy (non-hydrogen) atoms. The SMILES string of the molecule is CCOC(=O)/C=C(/NC(=O)N(CC)CC)C(F)(F)F. The number of amides is 2. The quantitative estimate of drug-likeness (QED) is 0.620. The van der Waals surface area contributed by atoms with Gasteiger partial charge in [-0.3, -0.25) is 0 Å². The van der Waals surface area contributed by atoms with E-state index in [0.717, 1.165) is 4.90 Å². The van der Waals surface area contributed by atoms with Crippen molar-refractivity contribution >= 4 is 12.0 Å². The van der Waals surface area contributed by atoms with E-state index < -0.39 is 23.9 Å². The number of urea groups is 1. The van der Waals surface area contributed by atoms with E-state index in [-0.39, 0.29) is 25.8 Å². The number of nitrogens with zero attached hydrogens (tertiary/aromatic N) is 1. The first-order chi connectivity index (χ1) is 8.76. The molecule has 0 aliphatic heterocycles. The van der Waals surface area contributed by atoms with Gasteiger partial charge in [-0.2, -0.15) is 13.2 Å². The maximum absolute atomic E-state index is 12.6. The fourth-order valence-corrected chi connectivity index (χ4v) is 1.20. The van der Waals surface area contributed by atoms with E-state index in [1.807, 2.05) is 0 Å². The molecule has 0 aliphatic carbocycles. The lowest BCUT2D eigenvalue weighted by Crippen LogP contribution is -2.42. The Morgan fingerprint density at radius 3 is 2.11 bits per heavy atom. The van der Waals surface area contributed by atoms with Gasteiger partial charge in [0.2, 0.25) is 0 Å². The molecule has 0 bridgehead atoms. The molecule has 0 rings (SSSR count). The number of carbonyl (C=O) groups excluding carboxylic acids is 2. The highest BCUT2D eigenvalue weighted by molar-refractivity contribution is 5.85. The summed E-state index contributed by atoms with van der Waals surface area (Å²) >= 11 is 0. The number of allylic oxidation sites excluding steroid dienone is 1. The van der Waals surface area contributed by atoms with Crippen molar-refractivity contribution in [2.45, 2.75) is 26.9 Å². The van der Waals surface area contributed by atoms with Crippen LogP contribution in [0.25, 0.3) is 0 Å². The van der Waals surface area contributed by atoms with Crippen LogP contribution in [0.3, 0.4) is 0 Å². The number of carbonyl (C=O) groups is 2. The minimum absolute atomic E-state index is 0.0511. The van der Waals surface area contributed by atoms with Crippen LogP contribution in [-0.2, 0) is 9.53 Å². The Morgan fingerprint density at radius 1 is 1.21 bits per heavy atom. The van der Waals surface area contributed by atoms with Gasteiger partial charge in [0, 0.05) is 13.1 Å². The van der Waals surface area contributed by atoms with E-state index in [1.54, 1.807) is 19.2 Å². The number of esters is 1. The molecule has 0 fully saturated rings. The number of ether oxygens (including phenoxy) is 1. The van der Waals surface area contributed by atoms with Crippen molar-refractivity contribution in [2.24, 2.45) is 0 Å². The number of alkyl halides is 3. The van der Waals surface area contributed by atoms with Crippen molar-refractivity contribution in [3.05, 3.63) is 11.8 Å². The Bertz CT molecular complexity index is 350. The van der Waals surface area contributed by atoms with Crippen LogP contribution >= 0.6 is 0 Å². The highest BCUT2D eigenvalue weighted by Crippen LogP contribution is 2.23. The van der Waals surface area contributed by atoms with Crippen LogP contribution in [0, 0.1) is 0 Å². The second-order valence-corrected chi connectivity index (χ2v) is 3.41. The highest BCUT2D eigenvalue weighted by Gasteiger charge is 2.36. The van der Waals surface area contributed by atoms with Crippen LogP contribution in [0.4, 0.5) is 18.0 Å². The largest absolute Gasteiger partial charge is 0.463 e. The van der Waals surface area contributed by atoms with Crippen LogP contribution in [0.1, 0.15) is 20.8 Å². The number of rotatable bonds is 5. The summed E-state index contributed by atoms with van der Waals surface area (Å²) in [4.78, 5) is 23.7. The van der Waals surface area contributed by atoms with Crippen LogP contribution in [0.15, 0.2) is 11.8 Å². The van der Waals surface area contributed by atoms with Gasteiger partial charge in [0.25, 0.3) is 0 Å². The van der Waals surface area contributed by atoms with Gasteiger partial charge in [0.15, 0.2) is 0 Å². The lowest BCUT2D eigenvalue weighted by atomic mass is 10.3. The first-order valence-electron chi connectivity index (χ1n) is 5.77. The van der Waals surface area contributed by atoms with Crippen molar-refractivity contribution in [3.8, 4) is 0 Å². The number of hydrogen-bond donors (Lipinski definition) is 1. The van der Waals surface area contributed by atoms with Crippen molar-refractivity contribution in [2.75, 3.05) is 19.7 Å². The molecule has 110 valence electrons. The average Bonchev–Trinajstić information content (AvgIpc) is 2.28. The normalized spacial score (nSPS) is 12.0. The van der Waals surface area contributed by atoms with Crippen molar-refractivity contribution in [1.82, 2.24) is 10.2 Å². The number of hydrogen-bond acceptors (Lipinski definition) is 3. The van der Waals surface area contributed by atoms with E-state index >= 15 is 0 Å². The molecule has 8 heteroatoms. The predicted molar refractivity (Wildman–Crippen MR) is 62.2 cm³/mol. The summed E-state index contributed by atoms with van der Waals surface area (Å²) in [5.41, 5.74) is -1.44. The molecule has 0 aromatic rings. The van der Waals surface area contributed by atoms with Gasteiger partial charge < -0.3 is 15.0 Å². The molecule has 1 N–H and O–H groups in total. The topological polar surface area (TPSA) is 58.6 Å². The van der Waals surface area contributed by atoms with Crippen LogP contribution < -0.4 is 5.32 Å². The van der Waals surface area contributed by atoms with Crippen molar-refractivity contribution < 1.29 is 27.5 Å². The maximum Gasteiger partial charge on any atom is 0.431 e. The van der Waals surface area contributed by atoms with Gasteiger partial charge >= 0.3 is 18.2 Å². The smallest absolute Gasteiger partial charge is 0.431 e. The summed E-state index contributed by atoms with van der Waals surface area (Å²) in [6.07, 6.45) is -4.61. The lowest BCUT2D eigenvalue weighted by Gasteiger charge is -2.21. The third-order valence-corrected chi connectivity index (χ3v) is 2.15. The van der Waals surface area contributed by atoms with Crippen molar-refractivity contribution in [1.29, 1.82) is 0 Å². The minimum Gasteiger partial charge on any atom is -0.463 e. The Balaban J connectivity index is 4.99. The fourth-order valence-electron chi connectivity index (χ4n) is 1.20.